The maximum Gasteiger partial charge on any atom is 0.335 e. The molecule has 1 aliphatic heterocycles. The summed E-state index contributed by atoms with van der Waals surface area (Å²) in [5, 5.41) is 31.3. The number of carbonyl (C=O) groups excluding carboxylic acids is 3. The number of ether oxygens (including phenoxy) is 5. The first-order valence-electron chi connectivity index (χ1n) is 28.6. The summed E-state index contributed by atoms with van der Waals surface area (Å²) >= 11 is 0. The summed E-state index contributed by atoms with van der Waals surface area (Å²) < 4.78 is 28.3. The van der Waals surface area contributed by atoms with Gasteiger partial charge in [0.1, 0.15) is 18.8 Å². The topological polar surface area (TPSA) is 175 Å². The average Bonchev–Trinajstić information content (AvgIpc) is 3.35. The molecule has 410 valence electrons. The second kappa shape index (κ2) is 47.7. The third-order valence-electron chi connectivity index (χ3n) is 12.9. The molecule has 1 saturated heterocycles. The van der Waals surface area contributed by atoms with Crippen LogP contribution in [0.2, 0.25) is 0 Å². The molecule has 6 unspecified atom stereocenters. The van der Waals surface area contributed by atoms with Gasteiger partial charge in [0.05, 0.1) is 6.61 Å². The van der Waals surface area contributed by atoms with Gasteiger partial charge in [0.25, 0.3) is 0 Å². The van der Waals surface area contributed by atoms with Crippen LogP contribution in [-0.2, 0) is 42.9 Å². The molecule has 1 rings (SSSR count). The molecule has 0 aromatic rings. The first-order valence-corrected chi connectivity index (χ1v) is 28.6. The SMILES string of the molecule is CCC/C=C\C/C=C\CCCCCCCC(=O)OC(COC(=O)CCCCCCCCCCC/C=C\C/C=C\CCCCC)COC1OC(C(=O)O)C(O)C(O)C1OC(=O)CCCCCCCCCCC. The lowest BCUT2D eigenvalue weighted by Gasteiger charge is -2.40. The zero-order valence-corrected chi connectivity index (χ0v) is 45.0. The van der Waals surface area contributed by atoms with E-state index in [4.69, 9.17) is 23.7 Å². The highest BCUT2D eigenvalue weighted by atomic mass is 16.7. The van der Waals surface area contributed by atoms with E-state index in [1.54, 1.807) is 0 Å². The number of esters is 3. The Kier molecular flexibility index (Phi) is 44.1. The minimum atomic E-state index is -1.90. The van der Waals surface area contributed by atoms with Crippen molar-refractivity contribution < 1.29 is 58.2 Å². The molecule has 0 aromatic heterocycles. The van der Waals surface area contributed by atoms with Crippen LogP contribution in [0, 0.1) is 0 Å². The Hall–Kier alpha value is -3.32. The second-order valence-electron chi connectivity index (χ2n) is 19.6. The Balaban J connectivity index is 2.66. The van der Waals surface area contributed by atoms with Gasteiger partial charge in [0, 0.05) is 19.3 Å². The number of carboxylic acids is 1. The third kappa shape index (κ3) is 38.0. The van der Waals surface area contributed by atoms with Crippen LogP contribution >= 0.6 is 0 Å². The molecule has 0 aliphatic carbocycles. The number of aliphatic hydroxyl groups is 2. The van der Waals surface area contributed by atoms with Crippen molar-refractivity contribution in [2.24, 2.45) is 0 Å². The van der Waals surface area contributed by atoms with Gasteiger partial charge in [-0.2, -0.15) is 0 Å². The van der Waals surface area contributed by atoms with Crippen molar-refractivity contribution in [1.29, 1.82) is 0 Å². The monoisotopic (exact) mass is 1000 g/mol. The largest absolute Gasteiger partial charge is 0.479 e. The zero-order chi connectivity index (χ0) is 51.8. The van der Waals surface area contributed by atoms with Gasteiger partial charge in [-0.05, 0) is 77.0 Å². The molecular formula is C59H102O12. The summed E-state index contributed by atoms with van der Waals surface area (Å²) in [6.07, 6.45) is 43.9. The van der Waals surface area contributed by atoms with E-state index in [9.17, 15) is 34.5 Å². The predicted octanol–water partition coefficient (Wildman–Crippen LogP) is 14.2. The van der Waals surface area contributed by atoms with Crippen molar-refractivity contribution in [2.75, 3.05) is 13.2 Å². The highest BCUT2D eigenvalue weighted by molar-refractivity contribution is 5.74. The summed E-state index contributed by atoms with van der Waals surface area (Å²) in [6.45, 7) is 5.85. The standard InChI is InChI=1S/C59H102O12/c1-4-7-10-13-16-19-21-23-24-25-26-27-28-30-31-34-36-39-42-45-51(60)67-48-50(69-52(61)46-43-40-38-35-32-29-22-20-17-14-11-8-5-2)49-68-59-57(55(64)54(63)56(71-59)58(65)66)70-53(62)47-44-41-37-33-18-15-12-9-6-3/h11,14,16,19-20,22-24,50,54-57,59,63-64H,4-10,12-13,15,17-18,21,25-49H2,1-3H3,(H,65,66)/b14-11-,19-16-,22-20-,24-23-. The first kappa shape index (κ1) is 65.7. The number of hydrogen-bond donors (Lipinski definition) is 3. The van der Waals surface area contributed by atoms with Crippen LogP contribution < -0.4 is 0 Å². The number of carboxylic acid groups (broad SMARTS) is 1. The average molecular weight is 1000 g/mol. The summed E-state index contributed by atoms with van der Waals surface area (Å²) in [4.78, 5) is 50.9. The normalized spacial score (nSPS) is 18.8. The van der Waals surface area contributed by atoms with Crippen molar-refractivity contribution >= 4 is 23.9 Å². The zero-order valence-electron chi connectivity index (χ0n) is 45.0. The fraction of sp³-hybridized carbons (Fsp3) is 0.797. The number of hydrogen-bond acceptors (Lipinski definition) is 11. The van der Waals surface area contributed by atoms with Gasteiger partial charge in [0.2, 0.25) is 0 Å². The van der Waals surface area contributed by atoms with Gasteiger partial charge in [-0.3, -0.25) is 14.4 Å². The smallest absolute Gasteiger partial charge is 0.335 e. The van der Waals surface area contributed by atoms with Gasteiger partial charge in [-0.25, -0.2) is 4.79 Å². The molecule has 71 heavy (non-hydrogen) atoms. The molecular weight excluding hydrogens is 901 g/mol. The molecule has 6 atom stereocenters. The van der Waals surface area contributed by atoms with Gasteiger partial charge in [-0.15, -0.1) is 0 Å². The maximum atomic E-state index is 13.1. The molecule has 1 fully saturated rings. The van der Waals surface area contributed by atoms with Crippen molar-refractivity contribution in [2.45, 2.75) is 289 Å². The van der Waals surface area contributed by atoms with Crippen LogP contribution in [-0.4, -0.2) is 89.2 Å². The number of aliphatic carboxylic acids is 1. The lowest BCUT2D eigenvalue weighted by Crippen LogP contribution is -2.61. The Morgan fingerprint density at radius 3 is 1.35 bits per heavy atom. The van der Waals surface area contributed by atoms with Crippen LogP contribution in [0.4, 0.5) is 0 Å². The molecule has 0 saturated carbocycles. The van der Waals surface area contributed by atoms with Gasteiger partial charge in [0.15, 0.2) is 24.6 Å². The molecule has 0 aromatic carbocycles. The number of rotatable bonds is 48. The minimum absolute atomic E-state index is 0.0602. The Morgan fingerprint density at radius 1 is 0.465 bits per heavy atom. The molecule has 3 N–H and O–H groups in total. The Labute approximate surface area is 431 Å². The van der Waals surface area contributed by atoms with Crippen molar-refractivity contribution in [3.05, 3.63) is 48.6 Å². The van der Waals surface area contributed by atoms with E-state index in [0.29, 0.717) is 19.3 Å². The fourth-order valence-electron chi connectivity index (χ4n) is 8.44. The lowest BCUT2D eigenvalue weighted by atomic mass is 9.98. The van der Waals surface area contributed by atoms with Gasteiger partial charge >= 0.3 is 23.9 Å². The minimum Gasteiger partial charge on any atom is -0.479 e. The van der Waals surface area contributed by atoms with E-state index in [0.717, 1.165) is 109 Å². The number of unbranched alkanes of at least 4 members (excludes halogenated alkanes) is 26. The molecule has 1 aliphatic rings. The highest BCUT2D eigenvalue weighted by Gasteiger charge is 2.50. The van der Waals surface area contributed by atoms with Crippen LogP contribution in [0.1, 0.15) is 252 Å². The molecule has 12 heteroatoms. The van der Waals surface area contributed by atoms with Gasteiger partial charge in [-0.1, -0.05) is 204 Å². The molecule has 1 heterocycles. The summed E-state index contributed by atoms with van der Waals surface area (Å²) in [7, 11) is 0. The number of aliphatic hydroxyl groups excluding tert-OH is 2. The summed E-state index contributed by atoms with van der Waals surface area (Å²) in [5.74, 6) is -3.13. The van der Waals surface area contributed by atoms with E-state index in [-0.39, 0.29) is 25.9 Å². The molecule has 0 amide bonds. The quantitative estimate of drug-likeness (QED) is 0.0228. The van der Waals surface area contributed by atoms with Crippen LogP contribution in [0.3, 0.4) is 0 Å². The Bertz CT molecular complexity index is 1420. The molecule has 12 nitrogen and oxygen atoms in total. The Morgan fingerprint density at radius 2 is 0.873 bits per heavy atom. The summed E-state index contributed by atoms with van der Waals surface area (Å²) in [6, 6.07) is 0. The fourth-order valence-corrected chi connectivity index (χ4v) is 8.44. The van der Waals surface area contributed by atoms with Crippen LogP contribution in [0.25, 0.3) is 0 Å². The van der Waals surface area contributed by atoms with Crippen LogP contribution in [0.5, 0.6) is 0 Å². The second-order valence-corrected chi connectivity index (χ2v) is 19.6. The highest BCUT2D eigenvalue weighted by Crippen LogP contribution is 2.26. The summed E-state index contributed by atoms with van der Waals surface area (Å²) in [5.41, 5.74) is 0. The molecule has 0 radical (unpaired) electrons. The third-order valence-corrected chi connectivity index (χ3v) is 12.9. The lowest BCUT2D eigenvalue weighted by molar-refractivity contribution is -0.301. The van der Waals surface area contributed by atoms with E-state index in [1.165, 1.54) is 83.5 Å². The van der Waals surface area contributed by atoms with E-state index in [1.807, 2.05) is 0 Å². The number of allylic oxidation sites excluding steroid dienone is 8. The van der Waals surface area contributed by atoms with Crippen LogP contribution in [0.15, 0.2) is 48.6 Å². The molecule has 0 bridgehead atoms. The maximum absolute atomic E-state index is 13.1. The van der Waals surface area contributed by atoms with E-state index < -0.39 is 67.3 Å². The van der Waals surface area contributed by atoms with E-state index >= 15 is 0 Å². The van der Waals surface area contributed by atoms with Crippen molar-refractivity contribution in [3.63, 3.8) is 0 Å². The van der Waals surface area contributed by atoms with Crippen molar-refractivity contribution in [1.82, 2.24) is 0 Å². The number of carbonyl (C=O) groups is 4. The van der Waals surface area contributed by atoms with Gasteiger partial charge < -0.3 is 39.0 Å². The molecule has 0 spiro atoms. The van der Waals surface area contributed by atoms with Crippen molar-refractivity contribution in [3.8, 4) is 0 Å². The predicted molar refractivity (Wildman–Crippen MR) is 285 cm³/mol. The first-order chi connectivity index (χ1) is 34.6. The van der Waals surface area contributed by atoms with E-state index in [2.05, 4.69) is 69.4 Å².